The lowest BCUT2D eigenvalue weighted by Crippen LogP contribution is -2.40. The van der Waals surface area contributed by atoms with Gasteiger partial charge in [0.1, 0.15) is 5.82 Å². The van der Waals surface area contributed by atoms with E-state index in [1.165, 1.54) is 6.07 Å². The van der Waals surface area contributed by atoms with E-state index in [1.54, 1.807) is 6.20 Å². The Balaban J connectivity index is 1.42. The van der Waals surface area contributed by atoms with Crippen molar-refractivity contribution in [2.24, 2.45) is 0 Å². The van der Waals surface area contributed by atoms with Gasteiger partial charge in [0.25, 0.3) is 5.56 Å². The van der Waals surface area contributed by atoms with Crippen LogP contribution >= 0.6 is 0 Å². The number of H-pyrrole nitrogens is 1. The number of aromatic nitrogens is 4. The Hall–Kier alpha value is -2.96. The number of para-hydroxylation sites is 2. The topological polar surface area (TPSA) is 86.8 Å². The molecule has 0 unspecified atom stereocenters. The predicted octanol–water partition coefficient (Wildman–Crippen LogP) is 2.10. The number of hydrogen-bond donors (Lipinski definition) is 2. The molecule has 1 fully saturated rings. The molecule has 3 heterocycles. The van der Waals surface area contributed by atoms with Gasteiger partial charge in [-0.05, 0) is 31.9 Å². The monoisotopic (exact) mass is 336 g/mol. The van der Waals surface area contributed by atoms with Crippen molar-refractivity contribution in [2.45, 2.75) is 25.8 Å². The Bertz CT molecular complexity index is 945. The van der Waals surface area contributed by atoms with E-state index in [0.717, 1.165) is 48.5 Å². The average molecular weight is 336 g/mol. The summed E-state index contributed by atoms with van der Waals surface area (Å²) in [6.45, 7) is 3.52. The van der Waals surface area contributed by atoms with Crippen molar-refractivity contribution in [3.8, 4) is 0 Å². The third-order valence-corrected chi connectivity index (χ3v) is 4.45. The van der Waals surface area contributed by atoms with Gasteiger partial charge in [0.15, 0.2) is 0 Å². The van der Waals surface area contributed by atoms with Gasteiger partial charge >= 0.3 is 0 Å². The van der Waals surface area contributed by atoms with Gasteiger partial charge in [0.2, 0.25) is 5.95 Å². The Kier molecular flexibility index (Phi) is 4.05. The molecule has 1 saturated heterocycles. The molecule has 3 aromatic rings. The van der Waals surface area contributed by atoms with E-state index in [-0.39, 0.29) is 5.56 Å². The molecule has 0 radical (unpaired) electrons. The molecular weight excluding hydrogens is 316 g/mol. The van der Waals surface area contributed by atoms with Gasteiger partial charge in [-0.25, -0.2) is 9.97 Å². The van der Waals surface area contributed by atoms with Crippen LogP contribution in [0, 0.1) is 6.92 Å². The minimum atomic E-state index is -0.103. The maximum Gasteiger partial charge on any atom is 0.252 e. The quantitative estimate of drug-likeness (QED) is 0.762. The number of piperidine rings is 1. The lowest BCUT2D eigenvalue weighted by molar-refractivity contribution is 0.518. The molecule has 0 atom stereocenters. The van der Waals surface area contributed by atoms with Gasteiger partial charge in [0.05, 0.1) is 17.2 Å². The maximum atomic E-state index is 11.6. The van der Waals surface area contributed by atoms with Crippen molar-refractivity contribution in [1.82, 2.24) is 19.9 Å². The SMILES string of the molecule is Cc1cc(=O)[nH]c(N2CCC(Nc3cnc4ccccc4n3)CC2)n1. The van der Waals surface area contributed by atoms with E-state index in [2.05, 4.69) is 30.2 Å². The van der Waals surface area contributed by atoms with E-state index in [9.17, 15) is 4.79 Å². The summed E-state index contributed by atoms with van der Waals surface area (Å²) in [6.07, 6.45) is 3.69. The van der Waals surface area contributed by atoms with Gasteiger partial charge in [-0.3, -0.25) is 14.8 Å². The summed E-state index contributed by atoms with van der Waals surface area (Å²) in [5, 5.41) is 3.48. The van der Waals surface area contributed by atoms with Crippen molar-refractivity contribution in [2.75, 3.05) is 23.3 Å². The van der Waals surface area contributed by atoms with Gasteiger partial charge in [-0.15, -0.1) is 0 Å². The van der Waals surface area contributed by atoms with Crippen LogP contribution in [0.1, 0.15) is 18.5 Å². The number of rotatable bonds is 3. The standard InChI is InChI=1S/C18H20N6O/c1-12-10-17(25)23-18(20-12)24-8-6-13(7-9-24)21-16-11-19-14-4-2-3-5-15(14)22-16/h2-5,10-11,13H,6-9H2,1H3,(H,21,22)(H,20,23,25). The van der Waals surface area contributed by atoms with Gasteiger partial charge in [-0.1, -0.05) is 12.1 Å². The fourth-order valence-electron chi connectivity index (χ4n) is 3.18. The highest BCUT2D eigenvalue weighted by molar-refractivity contribution is 5.75. The van der Waals surface area contributed by atoms with Crippen LogP contribution in [0.2, 0.25) is 0 Å². The van der Waals surface area contributed by atoms with Crippen molar-refractivity contribution in [3.63, 3.8) is 0 Å². The predicted molar refractivity (Wildman–Crippen MR) is 98.0 cm³/mol. The molecule has 0 spiro atoms. The highest BCUT2D eigenvalue weighted by Gasteiger charge is 2.21. The summed E-state index contributed by atoms with van der Waals surface area (Å²) in [5.41, 5.74) is 2.43. The zero-order chi connectivity index (χ0) is 17.2. The summed E-state index contributed by atoms with van der Waals surface area (Å²) in [6, 6.07) is 9.70. The zero-order valence-electron chi connectivity index (χ0n) is 14.1. The summed E-state index contributed by atoms with van der Waals surface area (Å²) in [5.74, 6) is 1.47. The molecule has 0 bridgehead atoms. The number of aryl methyl sites for hydroxylation is 1. The smallest absolute Gasteiger partial charge is 0.252 e. The third-order valence-electron chi connectivity index (χ3n) is 4.45. The molecule has 4 rings (SSSR count). The normalized spacial score (nSPS) is 15.5. The third kappa shape index (κ3) is 3.45. The largest absolute Gasteiger partial charge is 0.366 e. The van der Waals surface area contributed by atoms with E-state index in [0.29, 0.717) is 12.0 Å². The zero-order valence-corrected chi connectivity index (χ0v) is 14.1. The number of nitrogens with zero attached hydrogens (tertiary/aromatic N) is 4. The summed E-state index contributed by atoms with van der Waals surface area (Å²) in [4.78, 5) is 30.1. The van der Waals surface area contributed by atoms with Crippen LogP contribution in [0.25, 0.3) is 11.0 Å². The van der Waals surface area contributed by atoms with E-state index in [4.69, 9.17) is 0 Å². The summed E-state index contributed by atoms with van der Waals surface area (Å²) < 4.78 is 0. The lowest BCUT2D eigenvalue weighted by Gasteiger charge is -2.32. The number of fused-ring (bicyclic) bond motifs is 1. The van der Waals surface area contributed by atoms with Crippen LogP contribution in [0.15, 0.2) is 41.3 Å². The van der Waals surface area contributed by atoms with Crippen molar-refractivity contribution >= 4 is 22.8 Å². The van der Waals surface area contributed by atoms with E-state index >= 15 is 0 Å². The molecule has 0 aliphatic carbocycles. The number of aromatic amines is 1. The minimum absolute atomic E-state index is 0.103. The fourth-order valence-corrected chi connectivity index (χ4v) is 3.18. The first kappa shape index (κ1) is 15.6. The molecule has 0 saturated carbocycles. The summed E-state index contributed by atoms with van der Waals surface area (Å²) in [7, 11) is 0. The van der Waals surface area contributed by atoms with E-state index in [1.807, 2.05) is 31.2 Å². The lowest BCUT2D eigenvalue weighted by atomic mass is 10.1. The second-order valence-corrected chi connectivity index (χ2v) is 6.36. The molecule has 25 heavy (non-hydrogen) atoms. The number of benzene rings is 1. The average Bonchev–Trinajstić information content (AvgIpc) is 2.61. The highest BCUT2D eigenvalue weighted by atomic mass is 16.1. The number of hydrogen-bond acceptors (Lipinski definition) is 6. The molecule has 2 N–H and O–H groups in total. The highest BCUT2D eigenvalue weighted by Crippen LogP contribution is 2.19. The van der Waals surface area contributed by atoms with Gasteiger partial charge in [-0.2, -0.15) is 0 Å². The second kappa shape index (κ2) is 6.51. The molecule has 1 aliphatic rings. The van der Waals surface area contributed by atoms with Crippen LogP contribution in [-0.2, 0) is 0 Å². The molecule has 7 heteroatoms. The first-order chi connectivity index (χ1) is 12.2. The Morgan fingerprint density at radius 2 is 1.92 bits per heavy atom. The van der Waals surface area contributed by atoms with Crippen molar-refractivity contribution in [1.29, 1.82) is 0 Å². The molecule has 1 aliphatic heterocycles. The maximum absolute atomic E-state index is 11.6. The Morgan fingerprint density at radius 1 is 1.16 bits per heavy atom. The van der Waals surface area contributed by atoms with Crippen molar-refractivity contribution < 1.29 is 0 Å². The second-order valence-electron chi connectivity index (χ2n) is 6.36. The van der Waals surface area contributed by atoms with Gasteiger partial charge < -0.3 is 10.2 Å². The first-order valence-corrected chi connectivity index (χ1v) is 8.48. The number of anilines is 2. The summed E-state index contributed by atoms with van der Waals surface area (Å²) >= 11 is 0. The molecule has 7 nitrogen and oxygen atoms in total. The van der Waals surface area contributed by atoms with Crippen molar-refractivity contribution in [3.05, 3.63) is 52.6 Å². The first-order valence-electron chi connectivity index (χ1n) is 8.48. The van der Waals surface area contributed by atoms with Crippen LogP contribution < -0.4 is 15.8 Å². The number of nitrogens with one attached hydrogen (secondary N) is 2. The molecule has 1 aromatic carbocycles. The minimum Gasteiger partial charge on any atom is -0.366 e. The Morgan fingerprint density at radius 3 is 2.68 bits per heavy atom. The molecular formula is C18H20N6O. The van der Waals surface area contributed by atoms with Crippen LogP contribution in [0.5, 0.6) is 0 Å². The Labute approximate surface area is 145 Å². The van der Waals surface area contributed by atoms with E-state index < -0.39 is 0 Å². The fraction of sp³-hybridized carbons (Fsp3) is 0.333. The molecule has 128 valence electrons. The van der Waals surface area contributed by atoms with Gasteiger partial charge in [0, 0.05) is 30.9 Å². The van der Waals surface area contributed by atoms with Crippen LogP contribution in [0.3, 0.4) is 0 Å². The molecule has 0 amide bonds. The molecule has 2 aromatic heterocycles. The van der Waals surface area contributed by atoms with Crippen LogP contribution in [0.4, 0.5) is 11.8 Å². The van der Waals surface area contributed by atoms with Crippen LogP contribution in [-0.4, -0.2) is 39.1 Å².